The van der Waals surface area contributed by atoms with Crippen LogP contribution >= 0.6 is 27.3 Å². The normalized spacial score (nSPS) is 10.3. The van der Waals surface area contributed by atoms with Gasteiger partial charge in [0.1, 0.15) is 5.82 Å². The molecule has 0 saturated carbocycles. The monoisotopic (exact) mass is 327 g/mol. The average molecular weight is 328 g/mol. The van der Waals surface area contributed by atoms with E-state index in [0.29, 0.717) is 6.54 Å². The largest absolute Gasteiger partial charge is 0.351 e. The van der Waals surface area contributed by atoms with Gasteiger partial charge in [-0.05, 0) is 39.7 Å². The fourth-order valence-electron chi connectivity index (χ4n) is 1.48. The highest BCUT2D eigenvalue weighted by molar-refractivity contribution is 9.10. The standard InChI is InChI=1S/C13H11BrFNOS/c14-10-6-12(18-8-10)7-16-13(17)5-9-1-3-11(15)4-2-9/h1-4,6,8H,5,7H2,(H,16,17). The molecule has 5 heteroatoms. The number of hydrogen-bond acceptors (Lipinski definition) is 2. The summed E-state index contributed by atoms with van der Waals surface area (Å²) in [5.41, 5.74) is 0.807. The van der Waals surface area contributed by atoms with Crippen molar-refractivity contribution in [3.63, 3.8) is 0 Å². The Labute approximate surface area is 117 Å². The van der Waals surface area contributed by atoms with Crippen LogP contribution in [0.4, 0.5) is 4.39 Å². The molecule has 1 aromatic carbocycles. The minimum atomic E-state index is -0.289. The van der Waals surface area contributed by atoms with Crippen LogP contribution < -0.4 is 5.32 Å². The Bertz CT molecular complexity index is 538. The Morgan fingerprint density at radius 2 is 2.06 bits per heavy atom. The van der Waals surface area contributed by atoms with E-state index < -0.39 is 0 Å². The second-order valence-electron chi connectivity index (χ2n) is 3.81. The lowest BCUT2D eigenvalue weighted by atomic mass is 10.1. The summed E-state index contributed by atoms with van der Waals surface area (Å²) in [4.78, 5) is 12.8. The summed E-state index contributed by atoms with van der Waals surface area (Å²) < 4.78 is 13.7. The highest BCUT2D eigenvalue weighted by atomic mass is 79.9. The second kappa shape index (κ2) is 6.11. The summed E-state index contributed by atoms with van der Waals surface area (Å²) in [6, 6.07) is 7.94. The molecule has 1 heterocycles. The molecule has 0 spiro atoms. The van der Waals surface area contributed by atoms with Gasteiger partial charge in [-0.2, -0.15) is 0 Å². The molecule has 0 aliphatic rings. The van der Waals surface area contributed by atoms with Crippen LogP contribution in [0, 0.1) is 5.82 Å². The Hall–Kier alpha value is -1.20. The number of carbonyl (C=O) groups excluding carboxylic acids is 1. The van der Waals surface area contributed by atoms with Gasteiger partial charge >= 0.3 is 0 Å². The second-order valence-corrected chi connectivity index (χ2v) is 5.72. The number of hydrogen-bond donors (Lipinski definition) is 1. The molecule has 0 saturated heterocycles. The lowest BCUT2D eigenvalue weighted by Gasteiger charge is -2.03. The summed E-state index contributed by atoms with van der Waals surface area (Å²) in [7, 11) is 0. The quantitative estimate of drug-likeness (QED) is 0.914. The van der Waals surface area contributed by atoms with Crippen LogP contribution in [0.1, 0.15) is 10.4 Å². The maximum Gasteiger partial charge on any atom is 0.224 e. The maximum atomic E-state index is 12.7. The van der Waals surface area contributed by atoms with Gasteiger partial charge in [0.2, 0.25) is 5.91 Å². The third-order valence-corrected chi connectivity index (χ3v) is 4.06. The van der Waals surface area contributed by atoms with Crippen LogP contribution in [0.2, 0.25) is 0 Å². The fraction of sp³-hybridized carbons (Fsp3) is 0.154. The third kappa shape index (κ3) is 3.92. The van der Waals surface area contributed by atoms with Crippen molar-refractivity contribution in [1.29, 1.82) is 0 Å². The van der Waals surface area contributed by atoms with Crippen LogP contribution in [-0.4, -0.2) is 5.91 Å². The number of nitrogens with one attached hydrogen (secondary N) is 1. The smallest absolute Gasteiger partial charge is 0.224 e. The lowest BCUT2D eigenvalue weighted by molar-refractivity contribution is -0.120. The van der Waals surface area contributed by atoms with E-state index in [9.17, 15) is 9.18 Å². The molecule has 1 amide bonds. The zero-order chi connectivity index (χ0) is 13.0. The number of halogens is 2. The van der Waals surface area contributed by atoms with E-state index >= 15 is 0 Å². The molecular weight excluding hydrogens is 317 g/mol. The van der Waals surface area contributed by atoms with E-state index in [1.54, 1.807) is 23.5 Å². The predicted octanol–water partition coefficient (Wildman–Crippen LogP) is 3.51. The van der Waals surface area contributed by atoms with Gasteiger partial charge in [0, 0.05) is 14.7 Å². The van der Waals surface area contributed by atoms with Gasteiger partial charge < -0.3 is 5.32 Å². The van der Waals surface area contributed by atoms with Crippen molar-refractivity contribution in [3.05, 3.63) is 56.4 Å². The van der Waals surface area contributed by atoms with Gasteiger partial charge in [-0.25, -0.2) is 4.39 Å². The van der Waals surface area contributed by atoms with Crippen molar-refractivity contribution in [2.45, 2.75) is 13.0 Å². The molecule has 1 N–H and O–H groups in total. The van der Waals surface area contributed by atoms with Gasteiger partial charge in [-0.1, -0.05) is 12.1 Å². The van der Waals surface area contributed by atoms with E-state index in [0.717, 1.165) is 14.9 Å². The van der Waals surface area contributed by atoms with E-state index in [1.165, 1.54) is 12.1 Å². The van der Waals surface area contributed by atoms with Crippen molar-refractivity contribution in [2.24, 2.45) is 0 Å². The zero-order valence-electron chi connectivity index (χ0n) is 9.45. The molecular formula is C13H11BrFNOS. The van der Waals surface area contributed by atoms with Gasteiger partial charge in [0.25, 0.3) is 0 Å². The van der Waals surface area contributed by atoms with Crippen molar-refractivity contribution in [2.75, 3.05) is 0 Å². The van der Waals surface area contributed by atoms with Gasteiger partial charge in [-0.3, -0.25) is 4.79 Å². The van der Waals surface area contributed by atoms with Gasteiger partial charge in [0.05, 0.1) is 13.0 Å². The molecule has 2 rings (SSSR count). The summed E-state index contributed by atoms with van der Waals surface area (Å²) in [5, 5.41) is 4.81. The van der Waals surface area contributed by atoms with Crippen molar-refractivity contribution >= 4 is 33.2 Å². The summed E-state index contributed by atoms with van der Waals surface area (Å²) >= 11 is 4.95. The van der Waals surface area contributed by atoms with Crippen LogP contribution in [0.3, 0.4) is 0 Å². The van der Waals surface area contributed by atoms with Crippen LogP contribution in [-0.2, 0) is 17.8 Å². The number of amides is 1. The molecule has 0 unspecified atom stereocenters. The van der Waals surface area contributed by atoms with E-state index in [1.807, 2.05) is 11.4 Å². The van der Waals surface area contributed by atoms with E-state index in [2.05, 4.69) is 21.2 Å². The maximum absolute atomic E-state index is 12.7. The molecule has 0 aliphatic heterocycles. The topological polar surface area (TPSA) is 29.1 Å². The van der Waals surface area contributed by atoms with Crippen LogP contribution in [0.5, 0.6) is 0 Å². The molecule has 2 aromatic rings. The van der Waals surface area contributed by atoms with Gasteiger partial charge in [-0.15, -0.1) is 11.3 Å². The predicted molar refractivity (Wildman–Crippen MR) is 74.0 cm³/mol. The first-order valence-electron chi connectivity index (χ1n) is 5.37. The third-order valence-electron chi connectivity index (χ3n) is 2.36. The Balaban J connectivity index is 1.83. The first-order valence-corrected chi connectivity index (χ1v) is 7.05. The number of thiophene rings is 1. The summed E-state index contributed by atoms with van der Waals surface area (Å²) in [5.74, 6) is -0.353. The molecule has 0 aliphatic carbocycles. The molecule has 1 aromatic heterocycles. The molecule has 94 valence electrons. The van der Waals surface area contributed by atoms with Crippen molar-refractivity contribution in [3.8, 4) is 0 Å². The van der Waals surface area contributed by atoms with Crippen LogP contribution in [0.15, 0.2) is 40.2 Å². The van der Waals surface area contributed by atoms with Crippen LogP contribution in [0.25, 0.3) is 0 Å². The Morgan fingerprint density at radius 1 is 1.33 bits per heavy atom. The van der Waals surface area contributed by atoms with E-state index in [-0.39, 0.29) is 18.1 Å². The SMILES string of the molecule is O=C(Cc1ccc(F)cc1)NCc1cc(Br)cs1. The van der Waals surface area contributed by atoms with Crippen molar-refractivity contribution in [1.82, 2.24) is 5.32 Å². The average Bonchev–Trinajstić information content (AvgIpc) is 2.76. The number of carbonyl (C=O) groups is 1. The molecule has 18 heavy (non-hydrogen) atoms. The molecule has 0 fully saturated rings. The number of rotatable bonds is 4. The summed E-state index contributed by atoms with van der Waals surface area (Å²) in [6.07, 6.45) is 0.271. The Kier molecular flexibility index (Phi) is 4.49. The molecule has 0 bridgehead atoms. The first kappa shape index (κ1) is 13.2. The fourth-order valence-corrected chi connectivity index (χ4v) is 2.87. The minimum absolute atomic E-state index is 0.0638. The highest BCUT2D eigenvalue weighted by Crippen LogP contribution is 2.19. The van der Waals surface area contributed by atoms with E-state index in [4.69, 9.17) is 0 Å². The summed E-state index contributed by atoms with van der Waals surface area (Å²) in [6.45, 7) is 0.524. The highest BCUT2D eigenvalue weighted by Gasteiger charge is 2.04. The zero-order valence-corrected chi connectivity index (χ0v) is 11.9. The molecule has 0 radical (unpaired) electrons. The molecule has 0 atom stereocenters. The minimum Gasteiger partial charge on any atom is -0.351 e. The first-order chi connectivity index (χ1) is 8.63. The van der Waals surface area contributed by atoms with Gasteiger partial charge in [0.15, 0.2) is 0 Å². The lowest BCUT2D eigenvalue weighted by Crippen LogP contribution is -2.24. The number of benzene rings is 1. The Morgan fingerprint density at radius 3 is 2.67 bits per heavy atom. The molecule has 2 nitrogen and oxygen atoms in total. The van der Waals surface area contributed by atoms with Crippen molar-refractivity contribution < 1.29 is 9.18 Å².